The number of ether oxygens (including phenoxy) is 1. The van der Waals surface area contributed by atoms with E-state index in [-0.39, 0.29) is 9.92 Å². The van der Waals surface area contributed by atoms with E-state index in [2.05, 4.69) is 4.72 Å². The number of nitrogens with one attached hydrogen (secondary N) is 1. The van der Waals surface area contributed by atoms with Gasteiger partial charge in [0.15, 0.2) is 0 Å². The molecule has 0 aliphatic carbocycles. The largest absolute Gasteiger partial charge is 0.495 e. The maximum atomic E-state index is 12.3. The summed E-state index contributed by atoms with van der Waals surface area (Å²) in [6, 6.07) is 9.19. The molecule has 0 spiro atoms. The van der Waals surface area contributed by atoms with Crippen LogP contribution in [-0.4, -0.2) is 15.5 Å². The van der Waals surface area contributed by atoms with Gasteiger partial charge in [0, 0.05) is 11.4 Å². The van der Waals surface area contributed by atoms with Crippen molar-refractivity contribution in [2.24, 2.45) is 0 Å². The van der Waals surface area contributed by atoms with Gasteiger partial charge in [0.2, 0.25) is 0 Å². The van der Waals surface area contributed by atoms with Gasteiger partial charge >= 0.3 is 0 Å². The number of hydrogen-bond acceptors (Lipinski definition) is 4. The lowest BCUT2D eigenvalue weighted by molar-refractivity contribution is 0.414. The summed E-state index contributed by atoms with van der Waals surface area (Å²) in [7, 11) is -2.26. The number of methoxy groups -OCH3 is 1. The lowest BCUT2D eigenvalue weighted by Crippen LogP contribution is -2.13. The van der Waals surface area contributed by atoms with E-state index in [0.29, 0.717) is 17.1 Å². The average molecular weight is 327 g/mol. The molecule has 0 fully saturated rings. The summed E-state index contributed by atoms with van der Waals surface area (Å²) >= 11 is 5.95. The first-order valence-corrected chi connectivity index (χ1v) is 7.92. The summed E-state index contributed by atoms with van der Waals surface area (Å²) in [4.78, 5) is 0.0581. The Morgan fingerprint density at radius 3 is 2.48 bits per heavy atom. The Kier molecular flexibility index (Phi) is 4.29. The third kappa shape index (κ3) is 3.40. The summed E-state index contributed by atoms with van der Waals surface area (Å²) in [5, 5.41) is 0.230. The molecule has 5 nitrogen and oxygen atoms in total. The molecule has 0 aliphatic rings. The minimum absolute atomic E-state index is 0.0581. The van der Waals surface area contributed by atoms with Crippen molar-refractivity contribution < 1.29 is 13.2 Å². The maximum absolute atomic E-state index is 12.3. The van der Waals surface area contributed by atoms with Crippen molar-refractivity contribution in [3.8, 4) is 5.75 Å². The van der Waals surface area contributed by atoms with Crippen LogP contribution in [0.4, 0.5) is 11.4 Å². The molecule has 0 atom stereocenters. The number of nitrogen functional groups attached to an aromatic ring is 1. The molecule has 21 heavy (non-hydrogen) atoms. The van der Waals surface area contributed by atoms with Gasteiger partial charge in [-0.05, 0) is 48.9 Å². The monoisotopic (exact) mass is 326 g/mol. The first-order valence-electron chi connectivity index (χ1n) is 6.06. The third-order valence-electron chi connectivity index (χ3n) is 2.96. The van der Waals surface area contributed by atoms with Gasteiger partial charge in [0.05, 0.1) is 17.0 Å². The molecule has 2 rings (SSSR count). The summed E-state index contributed by atoms with van der Waals surface area (Å²) in [6.07, 6.45) is 0. The zero-order valence-electron chi connectivity index (χ0n) is 11.6. The fourth-order valence-electron chi connectivity index (χ4n) is 1.77. The van der Waals surface area contributed by atoms with Gasteiger partial charge in [0.25, 0.3) is 10.0 Å². The van der Waals surface area contributed by atoms with Gasteiger partial charge in [-0.25, -0.2) is 8.42 Å². The smallest absolute Gasteiger partial charge is 0.261 e. The minimum atomic E-state index is -3.72. The van der Waals surface area contributed by atoms with Crippen LogP contribution in [0, 0.1) is 6.92 Å². The van der Waals surface area contributed by atoms with E-state index in [1.807, 2.05) is 0 Å². The van der Waals surface area contributed by atoms with Gasteiger partial charge < -0.3 is 10.5 Å². The predicted octanol–water partition coefficient (Wildman–Crippen LogP) is 3.04. The van der Waals surface area contributed by atoms with E-state index in [0.717, 1.165) is 5.56 Å². The Morgan fingerprint density at radius 2 is 1.90 bits per heavy atom. The molecule has 0 bridgehead atoms. The SMILES string of the molecule is COc1ccc(S(=O)(=O)Nc2ccc(N)c(C)c2)cc1Cl. The molecule has 2 aromatic rings. The zero-order chi connectivity index (χ0) is 15.6. The van der Waals surface area contributed by atoms with Crippen molar-refractivity contribution >= 4 is 33.0 Å². The Bertz CT molecular complexity index is 776. The number of anilines is 2. The molecule has 0 radical (unpaired) electrons. The van der Waals surface area contributed by atoms with Crippen molar-refractivity contribution in [3.63, 3.8) is 0 Å². The van der Waals surface area contributed by atoms with Gasteiger partial charge in [-0.1, -0.05) is 11.6 Å². The number of rotatable bonds is 4. The molecule has 112 valence electrons. The molecule has 2 aromatic carbocycles. The van der Waals surface area contributed by atoms with E-state index in [1.54, 1.807) is 25.1 Å². The Hall–Kier alpha value is -1.92. The number of aryl methyl sites for hydroxylation is 1. The molecule has 0 amide bonds. The van der Waals surface area contributed by atoms with Crippen LogP contribution in [0.2, 0.25) is 5.02 Å². The summed E-state index contributed by atoms with van der Waals surface area (Å²) < 4.78 is 32.1. The van der Waals surface area contributed by atoms with E-state index in [4.69, 9.17) is 22.1 Å². The molecule has 0 saturated carbocycles. The minimum Gasteiger partial charge on any atom is -0.495 e. The van der Waals surface area contributed by atoms with Gasteiger partial charge in [-0.3, -0.25) is 4.72 Å². The lowest BCUT2D eigenvalue weighted by atomic mass is 10.2. The molecular formula is C14H15ClN2O3S. The van der Waals surface area contributed by atoms with Crippen molar-refractivity contribution in [3.05, 3.63) is 47.0 Å². The molecule has 0 aliphatic heterocycles. The number of sulfonamides is 1. The van der Waals surface area contributed by atoms with E-state index < -0.39 is 10.0 Å². The van der Waals surface area contributed by atoms with Crippen LogP contribution in [0.5, 0.6) is 5.75 Å². The topological polar surface area (TPSA) is 81.4 Å². The molecule has 0 unspecified atom stereocenters. The first-order chi connectivity index (χ1) is 9.83. The average Bonchev–Trinajstić information content (AvgIpc) is 2.42. The normalized spacial score (nSPS) is 11.2. The second-order valence-electron chi connectivity index (χ2n) is 4.47. The molecule has 0 aromatic heterocycles. The van der Waals surface area contributed by atoms with E-state index >= 15 is 0 Å². The molecule has 0 saturated heterocycles. The highest BCUT2D eigenvalue weighted by atomic mass is 35.5. The zero-order valence-corrected chi connectivity index (χ0v) is 13.1. The van der Waals surface area contributed by atoms with Crippen LogP contribution in [0.3, 0.4) is 0 Å². The fraction of sp³-hybridized carbons (Fsp3) is 0.143. The summed E-state index contributed by atoms with van der Waals surface area (Å²) in [5.74, 6) is 0.416. The number of benzene rings is 2. The lowest BCUT2D eigenvalue weighted by Gasteiger charge is -2.11. The van der Waals surface area contributed by atoms with Crippen LogP contribution in [0.1, 0.15) is 5.56 Å². The van der Waals surface area contributed by atoms with E-state index in [9.17, 15) is 8.42 Å². The van der Waals surface area contributed by atoms with Crippen molar-refractivity contribution in [1.29, 1.82) is 0 Å². The fourth-order valence-corrected chi connectivity index (χ4v) is 3.17. The van der Waals surface area contributed by atoms with Crippen LogP contribution in [0.15, 0.2) is 41.3 Å². The van der Waals surface area contributed by atoms with Crippen LogP contribution >= 0.6 is 11.6 Å². The van der Waals surface area contributed by atoms with Crippen LogP contribution in [0.25, 0.3) is 0 Å². The number of halogens is 1. The predicted molar refractivity (Wildman–Crippen MR) is 84.4 cm³/mol. The summed E-state index contributed by atoms with van der Waals surface area (Å²) in [5.41, 5.74) is 7.54. The molecule has 0 heterocycles. The standard InChI is InChI=1S/C14H15ClN2O3S/c1-9-7-10(3-5-13(9)16)17-21(18,19)11-4-6-14(20-2)12(15)8-11/h3-8,17H,16H2,1-2H3. The third-order valence-corrected chi connectivity index (χ3v) is 4.63. The van der Waals surface area contributed by atoms with E-state index in [1.165, 1.54) is 25.3 Å². The Morgan fingerprint density at radius 1 is 1.19 bits per heavy atom. The van der Waals surface area contributed by atoms with Gasteiger partial charge in [0.1, 0.15) is 5.75 Å². The highest BCUT2D eigenvalue weighted by Gasteiger charge is 2.16. The van der Waals surface area contributed by atoms with Crippen molar-refractivity contribution in [1.82, 2.24) is 0 Å². The first kappa shape index (κ1) is 15.5. The Labute approximate surface area is 128 Å². The number of nitrogens with two attached hydrogens (primary N) is 1. The Balaban J connectivity index is 2.33. The van der Waals surface area contributed by atoms with Gasteiger partial charge in [-0.15, -0.1) is 0 Å². The number of hydrogen-bond donors (Lipinski definition) is 2. The maximum Gasteiger partial charge on any atom is 0.261 e. The van der Waals surface area contributed by atoms with Crippen molar-refractivity contribution in [2.45, 2.75) is 11.8 Å². The second kappa shape index (κ2) is 5.83. The van der Waals surface area contributed by atoms with Crippen molar-refractivity contribution in [2.75, 3.05) is 17.6 Å². The van der Waals surface area contributed by atoms with Crippen LogP contribution < -0.4 is 15.2 Å². The molecular weight excluding hydrogens is 312 g/mol. The van der Waals surface area contributed by atoms with Gasteiger partial charge in [-0.2, -0.15) is 0 Å². The second-order valence-corrected chi connectivity index (χ2v) is 6.56. The molecule has 3 N–H and O–H groups in total. The van der Waals surface area contributed by atoms with Crippen LogP contribution in [-0.2, 0) is 10.0 Å². The summed E-state index contributed by atoms with van der Waals surface area (Å²) in [6.45, 7) is 1.80. The highest BCUT2D eigenvalue weighted by Crippen LogP contribution is 2.28. The highest BCUT2D eigenvalue weighted by molar-refractivity contribution is 7.92. The quantitative estimate of drug-likeness (QED) is 0.846. The molecule has 7 heteroatoms.